The van der Waals surface area contributed by atoms with E-state index in [-0.39, 0.29) is 23.7 Å². The maximum Gasteiger partial charge on any atom is 0.235 e. The minimum absolute atomic E-state index is 0.141. The number of nitrogens with zero attached hydrogens (tertiary/aromatic N) is 3. The quantitative estimate of drug-likeness (QED) is 0.810. The largest absolute Gasteiger partial charge is 0.381 e. The van der Waals surface area contributed by atoms with Crippen LogP contribution in [0.2, 0.25) is 0 Å². The second kappa shape index (κ2) is 5.27. The van der Waals surface area contributed by atoms with Crippen LogP contribution in [0.15, 0.2) is 24.5 Å². The molecule has 1 aliphatic carbocycles. The van der Waals surface area contributed by atoms with Crippen molar-refractivity contribution in [2.24, 2.45) is 29.1 Å². The third-order valence-electron chi connectivity index (χ3n) is 6.87. The molecule has 0 N–H and O–H groups in total. The average Bonchev–Trinajstić information content (AvgIpc) is 2.97. The van der Waals surface area contributed by atoms with Gasteiger partial charge in [-0.2, -0.15) is 0 Å². The van der Waals surface area contributed by atoms with Crippen LogP contribution in [0.3, 0.4) is 0 Å². The van der Waals surface area contributed by atoms with E-state index in [1.54, 1.807) is 12.4 Å². The van der Waals surface area contributed by atoms with E-state index < -0.39 is 5.41 Å². The van der Waals surface area contributed by atoms with Gasteiger partial charge in [0.15, 0.2) is 0 Å². The highest BCUT2D eigenvalue weighted by molar-refractivity contribution is 6.01. The molecule has 3 aliphatic heterocycles. The normalized spacial score (nSPS) is 39.3. The molecule has 4 heterocycles. The summed E-state index contributed by atoms with van der Waals surface area (Å²) in [7, 11) is 0. The third kappa shape index (κ3) is 2.09. The zero-order valence-electron chi connectivity index (χ0n) is 14.4. The van der Waals surface area contributed by atoms with Gasteiger partial charge in [-0.25, -0.2) is 0 Å². The number of hydrogen-bond acceptors (Lipinski definition) is 4. The molecule has 6 heteroatoms. The Morgan fingerprint density at radius 1 is 1.36 bits per heavy atom. The van der Waals surface area contributed by atoms with Gasteiger partial charge >= 0.3 is 0 Å². The number of anilines is 1. The zero-order valence-corrected chi connectivity index (χ0v) is 14.4. The molecular weight excluding hydrogens is 318 g/mol. The van der Waals surface area contributed by atoms with E-state index in [1.165, 1.54) is 0 Å². The predicted octanol–water partition coefficient (Wildman–Crippen LogP) is 1.18. The smallest absolute Gasteiger partial charge is 0.235 e. The van der Waals surface area contributed by atoms with Gasteiger partial charge in [-0.3, -0.25) is 14.6 Å². The average molecular weight is 341 g/mol. The summed E-state index contributed by atoms with van der Waals surface area (Å²) < 4.78 is 5.41. The number of ether oxygens (including phenoxy) is 1. The van der Waals surface area contributed by atoms with Crippen LogP contribution in [0, 0.1) is 29.1 Å². The van der Waals surface area contributed by atoms with Crippen molar-refractivity contribution in [2.45, 2.75) is 13.3 Å². The first-order valence-corrected chi connectivity index (χ1v) is 9.20. The van der Waals surface area contributed by atoms with Gasteiger partial charge in [0, 0.05) is 31.7 Å². The van der Waals surface area contributed by atoms with E-state index in [9.17, 15) is 9.59 Å². The number of amides is 2. The lowest BCUT2D eigenvalue weighted by Crippen LogP contribution is -2.41. The molecule has 1 spiro atoms. The zero-order chi connectivity index (χ0) is 17.2. The van der Waals surface area contributed by atoms with Gasteiger partial charge in [0.05, 0.1) is 30.5 Å². The lowest BCUT2D eigenvalue weighted by Gasteiger charge is -2.26. The second-order valence-electron chi connectivity index (χ2n) is 8.08. The van der Waals surface area contributed by atoms with Crippen molar-refractivity contribution in [3.63, 3.8) is 0 Å². The first kappa shape index (κ1) is 15.3. The molecule has 0 radical (unpaired) electrons. The van der Waals surface area contributed by atoms with Crippen LogP contribution < -0.4 is 4.90 Å². The molecule has 4 aliphatic rings. The van der Waals surface area contributed by atoms with Crippen molar-refractivity contribution in [3.8, 4) is 0 Å². The Kier molecular flexibility index (Phi) is 3.23. The van der Waals surface area contributed by atoms with Gasteiger partial charge in [-0.15, -0.1) is 0 Å². The fourth-order valence-electron chi connectivity index (χ4n) is 5.20. The van der Waals surface area contributed by atoms with Crippen LogP contribution in [0.5, 0.6) is 0 Å². The first-order valence-electron chi connectivity index (χ1n) is 9.20. The minimum Gasteiger partial charge on any atom is -0.381 e. The first-order chi connectivity index (χ1) is 12.1. The molecular formula is C19H23N3O3. The highest BCUT2D eigenvalue weighted by Crippen LogP contribution is 2.53. The Hall–Kier alpha value is -1.95. The van der Waals surface area contributed by atoms with Gasteiger partial charge in [-0.05, 0) is 36.3 Å². The summed E-state index contributed by atoms with van der Waals surface area (Å²) in [6.07, 6.45) is 4.27. The molecule has 5 atom stereocenters. The molecule has 0 bridgehead atoms. The maximum absolute atomic E-state index is 13.2. The Morgan fingerprint density at radius 2 is 2.16 bits per heavy atom. The predicted molar refractivity (Wildman–Crippen MR) is 90.7 cm³/mol. The summed E-state index contributed by atoms with van der Waals surface area (Å²) in [5.41, 5.74) is 0.432. The third-order valence-corrected chi connectivity index (χ3v) is 6.87. The number of aromatic nitrogens is 1. The Labute approximate surface area is 147 Å². The Bertz CT molecular complexity index is 714. The van der Waals surface area contributed by atoms with Crippen LogP contribution in [0.4, 0.5) is 5.69 Å². The van der Waals surface area contributed by atoms with Gasteiger partial charge in [-0.1, -0.05) is 6.92 Å². The SMILES string of the molecule is C[C@@H]1CN(C(=O)C2[C@H]3COC[C@@H]23)C[C@]12CCN(c1cccnc1)C2=O. The number of pyridine rings is 1. The number of carbonyl (C=O) groups excluding carboxylic acids is 2. The summed E-state index contributed by atoms with van der Waals surface area (Å²) in [6, 6.07) is 3.79. The fourth-order valence-corrected chi connectivity index (χ4v) is 5.20. The van der Waals surface area contributed by atoms with Crippen molar-refractivity contribution in [2.75, 3.05) is 37.7 Å². The summed E-state index contributed by atoms with van der Waals surface area (Å²) in [5, 5.41) is 0. The summed E-state index contributed by atoms with van der Waals surface area (Å²) in [5.74, 6) is 1.58. The highest BCUT2D eigenvalue weighted by Gasteiger charge is 2.62. The molecule has 132 valence electrons. The summed E-state index contributed by atoms with van der Waals surface area (Å²) in [4.78, 5) is 34.1. The van der Waals surface area contributed by atoms with Crippen molar-refractivity contribution < 1.29 is 14.3 Å². The van der Waals surface area contributed by atoms with Crippen molar-refractivity contribution in [3.05, 3.63) is 24.5 Å². The maximum atomic E-state index is 13.2. The Morgan fingerprint density at radius 3 is 2.88 bits per heavy atom. The van der Waals surface area contributed by atoms with Gasteiger partial charge in [0.2, 0.25) is 11.8 Å². The van der Waals surface area contributed by atoms with Crippen LogP contribution in [-0.4, -0.2) is 54.5 Å². The van der Waals surface area contributed by atoms with Crippen LogP contribution in [-0.2, 0) is 14.3 Å². The number of hydrogen-bond donors (Lipinski definition) is 0. The van der Waals surface area contributed by atoms with Gasteiger partial charge in [0.1, 0.15) is 0 Å². The van der Waals surface area contributed by atoms with Crippen LogP contribution in [0.25, 0.3) is 0 Å². The van der Waals surface area contributed by atoms with E-state index in [2.05, 4.69) is 11.9 Å². The van der Waals surface area contributed by atoms with E-state index in [0.29, 0.717) is 31.5 Å². The van der Waals surface area contributed by atoms with E-state index in [4.69, 9.17) is 4.74 Å². The van der Waals surface area contributed by atoms with E-state index in [1.807, 2.05) is 21.9 Å². The van der Waals surface area contributed by atoms with Crippen molar-refractivity contribution in [1.29, 1.82) is 0 Å². The molecule has 2 amide bonds. The number of likely N-dealkylation sites (tertiary alicyclic amines) is 1. The lowest BCUT2D eigenvalue weighted by atomic mass is 9.78. The molecule has 3 saturated heterocycles. The van der Waals surface area contributed by atoms with Crippen LogP contribution in [0.1, 0.15) is 13.3 Å². The molecule has 1 saturated carbocycles. The summed E-state index contributed by atoms with van der Waals surface area (Å²) in [6.45, 7) is 5.54. The molecule has 1 aromatic heterocycles. The number of fused-ring (bicyclic) bond motifs is 1. The lowest BCUT2D eigenvalue weighted by molar-refractivity contribution is -0.134. The van der Waals surface area contributed by atoms with Crippen LogP contribution >= 0.6 is 0 Å². The van der Waals surface area contributed by atoms with E-state index >= 15 is 0 Å². The molecule has 5 rings (SSSR count). The molecule has 1 unspecified atom stereocenters. The molecule has 6 nitrogen and oxygen atoms in total. The summed E-state index contributed by atoms with van der Waals surface area (Å²) >= 11 is 0. The number of carbonyl (C=O) groups is 2. The van der Waals surface area contributed by atoms with Gasteiger partial charge in [0.25, 0.3) is 0 Å². The monoisotopic (exact) mass is 341 g/mol. The van der Waals surface area contributed by atoms with E-state index in [0.717, 1.165) is 25.3 Å². The van der Waals surface area contributed by atoms with Crippen molar-refractivity contribution >= 4 is 17.5 Å². The topological polar surface area (TPSA) is 62.7 Å². The molecule has 25 heavy (non-hydrogen) atoms. The highest BCUT2D eigenvalue weighted by atomic mass is 16.5. The van der Waals surface area contributed by atoms with Crippen molar-refractivity contribution in [1.82, 2.24) is 9.88 Å². The Balaban J connectivity index is 1.34. The molecule has 0 aromatic carbocycles. The number of rotatable bonds is 2. The van der Waals surface area contributed by atoms with Gasteiger partial charge < -0.3 is 14.5 Å². The second-order valence-corrected chi connectivity index (χ2v) is 8.08. The minimum atomic E-state index is -0.425. The molecule has 4 fully saturated rings. The molecule has 1 aromatic rings. The standard InChI is InChI=1S/C19H23N3O3/c1-12-8-21(17(23)16-14-9-25-10-15(14)16)11-19(12)4-6-22(18(19)24)13-3-2-5-20-7-13/h2-3,5,7,12,14-16H,4,6,8-11H2,1H3/t12-,14-,15+,16?,19-/m1/s1. The fraction of sp³-hybridized carbons (Fsp3) is 0.632.